The van der Waals surface area contributed by atoms with Gasteiger partial charge in [-0.15, -0.1) is 0 Å². The van der Waals surface area contributed by atoms with E-state index in [9.17, 15) is 9.18 Å². The minimum Gasteiger partial charge on any atom is -0.486 e. The SMILES string of the molecule is CCC1CN(C(=O)c2ccn(-c3ccccc3F)n2)c2ccccc2O1. The highest BCUT2D eigenvalue weighted by molar-refractivity contribution is 6.05. The van der Waals surface area contributed by atoms with Crippen LogP contribution in [0.4, 0.5) is 10.1 Å². The Hall–Kier alpha value is -3.15. The Morgan fingerprint density at radius 3 is 2.65 bits per heavy atom. The summed E-state index contributed by atoms with van der Waals surface area (Å²) in [5, 5.41) is 4.28. The third-order valence-electron chi connectivity index (χ3n) is 4.44. The Kier molecular flexibility index (Phi) is 4.16. The number of hydrogen-bond donors (Lipinski definition) is 0. The summed E-state index contributed by atoms with van der Waals surface area (Å²) in [7, 11) is 0. The molecule has 26 heavy (non-hydrogen) atoms. The topological polar surface area (TPSA) is 47.4 Å². The molecule has 4 rings (SSSR count). The summed E-state index contributed by atoms with van der Waals surface area (Å²) in [6.07, 6.45) is 2.32. The number of carbonyl (C=O) groups excluding carboxylic acids is 1. The van der Waals surface area contributed by atoms with Gasteiger partial charge in [0.05, 0.1) is 12.2 Å². The molecule has 0 N–H and O–H groups in total. The largest absolute Gasteiger partial charge is 0.486 e. The van der Waals surface area contributed by atoms with Crippen LogP contribution in [-0.4, -0.2) is 28.3 Å². The smallest absolute Gasteiger partial charge is 0.279 e. The molecule has 0 aliphatic carbocycles. The van der Waals surface area contributed by atoms with Gasteiger partial charge in [0.2, 0.25) is 0 Å². The highest BCUT2D eigenvalue weighted by Crippen LogP contribution is 2.34. The lowest BCUT2D eigenvalue weighted by atomic mass is 10.1. The minimum absolute atomic E-state index is 0.0671. The molecular weight excluding hydrogens is 333 g/mol. The molecule has 3 aromatic rings. The summed E-state index contributed by atoms with van der Waals surface area (Å²) in [4.78, 5) is 14.7. The molecular formula is C20H18FN3O2. The Bertz CT molecular complexity index is 953. The number of ether oxygens (including phenoxy) is 1. The van der Waals surface area contributed by atoms with E-state index in [1.807, 2.05) is 31.2 Å². The van der Waals surface area contributed by atoms with Crippen molar-refractivity contribution in [1.82, 2.24) is 9.78 Å². The second kappa shape index (κ2) is 6.63. The van der Waals surface area contributed by atoms with Crippen LogP contribution in [0.25, 0.3) is 5.69 Å². The van der Waals surface area contributed by atoms with Crippen molar-refractivity contribution in [3.63, 3.8) is 0 Å². The molecule has 1 aliphatic rings. The molecule has 0 saturated carbocycles. The van der Waals surface area contributed by atoms with Gasteiger partial charge in [0, 0.05) is 6.20 Å². The van der Waals surface area contributed by atoms with E-state index in [-0.39, 0.29) is 17.7 Å². The maximum Gasteiger partial charge on any atom is 0.279 e. The lowest BCUT2D eigenvalue weighted by Gasteiger charge is -2.34. The van der Waals surface area contributed by atoms with Gasteiger partial charge >= 0.3 is 0 Å². The van der Waals surface area contributed by atoms with Crippen molar-refractivity contribution in [2.75, 3.05) is 11.4 Å². The van der Waals surface area contributed by atoms with Gasteiger partial charge in [-0.3, -0.25) is 9.69 Å². The van der Waals surface area contributed by atoms with E-state index in [0.29, 0.717) is 18.0 Å². The summed E-state index contributed by atoms with van der Waals surface area (Å²) in [5.41, 5.74) is 1.29. The fourth-order valence-corrected chi connectivity index (χ4v) is 3.05. The number of hydrogen-bond acceptors (Lipinski definition) is 3. The van der Waals surface area contributed by atoms with Crippen molar-refractivity contribution in [2.24, 2.45) is 0 Å². The van der Waals surface area contributed by atoms with Crippen LogP contribution in [0.15, 0.2) is 60.8 Å². The van der Waals surface area contributed by atoms with Crippen LogP contribution in [0, 0.1) is 5.82 Å². The summed E-state index contributed by atoms with van der Waals surface area (Å²) in [5.74, 6) is 0.0686. The van der Waals surface area contributed by atoms with Gasteiger partial charge in [0.15, 0.2) is 5.69 Å². The van der Waals surface area contributed by atoms with Gasteiger partial charge in [-0.25, -0.2) is 9.07 Å². The first-order chi connectivity index (χ1) is 12.7. The number of carbonyl (C=O) groups is 1. The van der Waals surface area contributed by atoms with E-state index in [1.165, 1.54) is 10.7 Å². The van der Waals surface area contributed by atoms with Crippen LogP contribution in [0.3, 0.4) is 0 Å². The lowest BCUT2D eigenvalue weighted by Crippen LogP contribution is -2.43. The highest BCUT2D eigenvalue weighted by Gasteiger charge is 2.30. The van der Waals surface area contributed by atoms with Crippen LogP contribution in [0.2, 0.25) is 0 Å². The van der Waals surface area contributed by atoms with E-state index in [4.69, 9.17) is 4.74 Å². The average Bonchev–Trinajstić information content (AvgIpc) is 3.16. The standard InChI is InChI=1S/C20H18FN3O2/c1-2-14-13-23(18-9-5-6-10-19(18)26-14)20(25)16-11-12-24(22-16)17-8-4-3-7-15(17)21/h3-12,14H,2,13H2,1H3. The molecule has 6 heteroatoms. The van der Waals surface area contributed by atoms with E-state index in [1.54, 1.807) is 35.4 Å². The molecule has 1 amide bonds. The number of nitrogens with zero attached hydrogens (tertiary/aromatic N) is 3. The number of fused-ring (bicyclic) bond motifs is 1. The quantitative estimate of drug-likeness (QED) is 0.720. The monoisotopic (exact) mass is 351 g/mol. The molecule has 0 saturated heterocycles. The maximum atomic E-state index is 14.0. The lowest BCUT2D eigenvalue weighted by molar-refractivity contribution is 0.0949. The Morgan fingerprint density at radius 1 is 1.15 bits per heavy atom. The van der Waals surface area contributed by atoms with Gasteiger partial charge in [-0.1, -0.05) is 31.2 Å². The first-order valence-electron chi connectivity index (χ1n) is 8.55. The van der Waals surface area contributed by atoms with E-state index >= 15 is 0 Å². The number of aromatic nitrogens is 2. The molecule has 0 fully saturated rings. The Morgan fingerprint density at radius 2 is 1.88 bits per heavy atom. The van der Waals surface area contributed by atoms with Crippen molar-refractivity contribution in [3.05, 3.63) is 72.3 Å². The second-order valence-corrected chi connectivity index (χ2v) is 6.13. The molecule has 0 bridgehead atoms. The zero-order chi connectivity index (χ0) is 18.1. The minimum atomic E-state index is -0.391. The Balaban J connectivity index is 1.67. The number of rotatable bonds is 3. The van der Waals surface area contributed by atoms with Crippen LogP contribution in [0.1, 0.15) is 23.8 Å². The van der Waals surface area contributed by atoms with E-state index < -0.39 is 5.82 Å². The first-order valence-corrected chi connectivity index (χ1v) is 8.55. The van der Waals surface area contributed by atoms with Gasteiger partial charge in [0.25, 0.3) is 5.91 Å². The van der Waals surface area contributed by atoms with Gasteiger partial charge in [0.1, 0.15) is 23.4 Å². The van der Waals surface area contributed by atoms with Gasteiger partial charge in [-0.2, -0.15) is 5.10 Å². The normalized spacial score (nSPS) is 16.1. The van der Waals surface area contributed by atoms with Crippen LogP contribution in [0.5, 0.6) is 5.75 Å². The van der Waals surface area contributed by atoms with E-state index in [2.05, 4.69) is 5.10 Å². The fourth-order valence-electron chi connectivity index (χ4n) is 3.05. The molecule has 0 spiro atoms. The number of amides is 1. The Labute approximate surface area is 150 Å². The molecule has 0 radical (unpaired) electrons. The molecule has 132 valence electrons. The predicted octanol–water partition coefficient (Wildman–Crippen LogP) is 3.83. The third-order valence-corrected chi connectivity index (χ3v) is 4.44. The summed E-state index contributed by atoms with van der Waals surface area (Å²) in [6, 6.07) is 15.4. The van der Waals surface area contributed by atoms with Gasteiger partial charge < -0.3 is 4.74 Å². The average molecular weight is 351 g/mol. The molecule has 1 aromatic heterocycles. The molecule has 5 nitrogen and oxygen atoms in total. The molecule has 1 atom stereocenters. The fraction of sp³-hybridized carbons (Fsp3) is 0.200. The van der Waals surface area contributed by atoms with Crippen molar-refractivity contribution in [3.8, 4) is 11.4 Å². The zero-order valence-corrected chi connectivity index (χ0v) is 14.3. The zero-order valence-electron chi connectivity index (χ0n) is 14.3. The van der Waals surface area contributed by atoms with E-state index in [0.717, 1.165) is 12.1 Å². The predicted molar refractivity (Wildman–Crippen MR) is 96.3 cm³/mol. The number of halogens is 1. The number of para-hydroxylation sites is 3. The second-order valence-electron chi connectivity index (χ2n) is 6.13. The molecule has 1 unspecified atom stereocenters. The molecule has 1 aliphatic heterocycles. The van der Waals surface area contributed by atoms with Crippen molar-refractivity contribution in [2.45, 2.75) is 19.4 Å². The van der Waals surface area contributed by atoms with Crippen molar-refractivity contribution in [1.29, 1.82) is 0 Å². The van der Waals surface area contributed by atoms with Crippen LogP contribution in [-0.2, 0) is 0 Å². The van der Waals surface area contributed by atoms with Crippen molar-refractivity contribution >= 4 is 11.6 Å². The van der Waals surface area contributed by atoms with Crippen LogP contribution < -0.4 is 9.64 Å². The first kappa shape index (κ1) is 16.3. The summed E-state index contributed by atoms with van der Waals surface area (Å²) in [6.45, 7) is 2.48. The van der Waals surface area contributed by atoms with Gasteiger partial charge in [-0.05, 0) is 36.8 Å². The molecule has 2 heterocycles. The maximum absolute atomic E-state index is 14.0. The summed E-state index contributed by atoms with van der Waals surface area (Å²) < 4.78 is 21.3. The highest BCUT2D eigenvalue weighted by atomic mass is 19.1. The number of anilines is 1. The summed E-state index contributed by atoms with van der Waals surface area (Å²) >= 11 is 0. The molecule has 2 aromatic carbocycles. The number of benzene rings is 2. The van der Waals surface area contributed by atoms with Crippen molar-refractivity contribution < 1.29 is 13.9 Å². The third kappa shape index (κ3) is 2.83. The van der Waals surface area contributed by atoms with Crippen LogP contribution >= 0.6 is 0 Å².